The van der Waals surface area contributed by atoms with Crippen molar-refractivity contribution in [1.29, 1.82) is 0 Å². The molecule has 0 aliphatic rings. The monoisotopic (exact) mass is 223 g/mol. The average Bonchev–Trinajstić information content (AvgIpc) is 2.27. The number of aromatic amines is 1. The molecule has 0 fully saturated rings. The number of nitrogens with zero attached hydrogens (tertiary/aromatic N) is 3. The molecule has 0 atom stereocenters. The summed E-state index contributed by atoms with van der Waals surface area (Å²) >= 11 is 1.41. The molecule has 0 aliphatic heterocycles. The molecule has 0 saturated carbocycles. The standard InChI is InChI=1S/C8H9N5OS/c1-9-5-4-6(10-3-11-7(4)14)13-8(12-5)15-2/h3H,1-2H3,(H2,9,10,11,12,13,14). The molecule has 0 spiro atoms. The summed E-state index contributed by atoms with van der Waals surface area (Å²) in [4.78, 5) is 26.3. The van der Waals surface area contributed by atoms with Gasteiger partial charge in [-0.1, -0.05) is 11.8 Å². The molecule has 2 aromatic rings. The van der Waals surface area contributed by atoms with Crippen molar-refractivity contribution in [1.82, 2.24) is 19.9 Å². The number of H-pyrrole nitrogens is 1. The summed E-state index contributed by atoms with van der Waals surface area (Å²) in [7, 11) is 1.71. The van der Waals surface area contributed by atoms with Crippen LogP contribution in [-0.2, 0) is 0 Å². The maximum Gasteiger partial charge on any atom is 0.285 e. The highest BCUT2D eigenvalue weighted by atomic mass is 32.2. The van der Waals surface area contributed by atoms with Gasteiger partial charge in [-0.25, -0.2) is 9.97 Å². The first kappa shape index (κ1) is 9.91. The van der Waals surface area contributed by atoms with E-state index in [9.17, 15) is 4.79 Å². The summed E-state index contributed by atoms with van der Waals surface area (Å²) in [5.74, 6) is 0.499. The van der Waals surface area contributed by atoms with Gasteiger partial charge in [0.05, 0.1) is 6.33 Å². The van der Waals surface area contributed by atoms with Crippen molar-refractivity contribution in [2.75, 3.05) is 18.6 Å². The van der Waals surface area contributed by atoms with E-state index in [1.807, 2.05) is 6.26 Å². The van der Waals surface area contributed by atoms with Gasteiger partial charge in [0.2, 0.25) is 0 Å². The van der Waals surface area contributed by atoms with E-state index in [-0.39, 0.29) is 5.56 Å². The lowest BCUT2D eigenvalue weighted by Gasteiger charge is -2.04. The number of fused-ring (bicyclic) bond motifs is 1. The summed E-state index contributed by atoms with van der Waals surface area (Å²) < 4.78 is 0. The Balaban J connectivity index is 2.87. The van der Waals surface area contributed by atoms with E-state index in [2.05, 4.69) is 25.3 Å². The molecule has 0 aliphatic carbocycles. The molecule has 2 rings (SSSR count). The van der Waals surface area contributed by atoms with Crippen LogP contribution < -0.4 is 10.9 Å². The van der Waals surface area contributed by atoms with Crippen LogP contribution in [-0.4, -0.2) is 33.2 Å². The van der Waals surface area contributed by atoms with Gasteiger partial charge in [-0.3, -0.25) is 4.79 Å². The highest BCUT2D eigenvalue weighted by molar-refractivity contribution is 7.98. The second-order valence-electron chi connectivity index (χ2n) is 2.74. The molecule has 0 radical (unpaired) electrons. The van der Waals surface area contributed by atoms with Crippen LogP contribution in [0.4, 0.5) is 5.82 Å². The fourth-order valence-electron chi connectivity index (χ4n) is 1.24. The number of aromatic nitrogens is 4. The Morgan fingerprint density at radius 1 is 1.47 bits per heavy atom. The molecule has 0 unspecified atom stereocenters. The topological polar surface area (TPSA) is 83.6 Å². The first-order valence-electron chi connectivity index (χ1n) is 4.23. The van der Waals surface area contributed by atoms with Gasteiger partial charge in [0.1, 0.15) is 11.2 Å². The molecule has 0 amide bonds. The van der Waals surface area contributed by atoms with Crippen LogP contribution in [0.15, 0.2) is 16.3 Å². The Bertz CT molecular complexity index is 552. The second kappa shape index (κ2) is 3.85. The predicted octanol–water partition coefficient (Wildman–Crippen LogP) is 0.477. The Morgan fingerprint density at radius 3 is 2.93 bits per heavy atom. The number of nitrogens with one attached hydrogen (secondary N) is 2. The van der Waals surface area contributed by atoms with Crippen LogP contribution in [0.5, 0.6) is 0 Å². The predicted molar refractivity (Wildman–Crippen MR) is 59.3 cm³/mol. The lowest BCUT2D eigenvalue weighted by atomic mass is 10.4. The number of hydrogen-bond acceptors (Lipinski definition) is 6. The Kier molecular flexibility index (Phi) is 2.55. The Labute approximate surface area is 89.6 Å². The van der Waals surface area contributed by atoms with Crippen LogP contribution in [0.2, 0.25) is 0 Å². The molecule has 7 heteroatoms. The van der Waals surface area contributed by atoms with Crippen LogP contribution in [0.3, 0.4) is 0 Å². The van der Waals surface area contributed by atoms with Crippen molar-refractivity contribution in [3.8, 4) is 0 Å². The van der Waals surface area contributed by atoms with Crippen LogP contribution >= 0.6 is 11.8 Å². The number of hydrogen-bond donors (Lipinski definition) is 2. The second-order valence-corrected chi connectivity index (χ2v) is 3.51. The Morgan fingerprint density at radius 2 is 2.27 bits per heavy atom. The van der Waals surface area contributed by atoms with Crippen molar-refractivity contribution in [3.05, 3.63) is 16.7 Å². The van der Waals surface area contributed by atoms with E-state index < -0.39 is 0 Å². The van der Waals surface area contributed by atoms with E-state index in [0.29, 0.717) is 22.0 Å². The molecular weight excluding hydrogens is 214 g/mol. The minimum Gasteiger partial charge on any atom is -0.372 e. The summed E-state index contributed by atoms with van der Waals surface area (Å²) in [6.07, 6.45) is 3.21. The maximum absolute atomic E-state index is 11.5. The smallest absolute Gasteiger partial charge is 0.285 e. The quantitative estimate of drug-likeness (QED) is 0.569. The summed E-state index contributed by atoms with van der Waals surface area (Å²) in [5, 5.41) is 3.85. The average molecular weight is 223 g/mol. The van der Waals surface area contributed by atoms with Crippen LogP contribution in [0.25, 0.3) is 11.0 Å². The normalized spacial score (nSPS) is 10.5. The van der Waals surface area contributed by atoms with Crippen LogP contribution in [0.1, 0.15) is 0 Å². The molecule has 2 aromatic heterocycles. The lowest BCUT2D eigenvalue weighted by Crippen LogP contribution is -2.11. The molecule has 15 heavy (non-hydrogen) atoms. The summed E-state index contributed by atoms with van der Waals surface area (Å²) in [5.41, 5.74) is 0.166. The van der Waals surface area contributed by atoms with Gasteiger partial charge in [0.15, 0.2) is 10.8 Å². The molecule has 0 saturated heterocycles. The lowest BCUT2D eigenvalue weighted by molar-refractivity contribution is 0.979. The van der Waals surface area contributed by atoms with E-state index in [1.165, 1.54) is 18.1 Å². The molecule has 0 aromatic carbocycles. The number of thioether (sulfide) groups is 1. The SMILES string of the molecule is CNc1nc(SC)nc2[nH]cnc(=O)c12. The molecular formula is C8H9N5OS. The molecule has 78 valence electrons. The fraction of sp³-hybridized carbons (Fsp3) is 0.250. The van der Waals surface area contributed by atoms with Gasteiger partial charge in [0, 0.05) is 7.05 Å². The van der Waals surface area contributed by atoms with E-state index in [4.69, 9.17) is 0 Å². The molecule has 2 heterocycles. The zero-order valence-electron chi connectivity index (χ0n) is 8.24. The van der Waals surface area contributed by atoms with Gasteiger partial charge in [0.25, 0.3) is 5.56 Å². The van der Waals surface area contributed by atoms with Crippen molar-refractivity contribution >= 4 is 28.6 Å². The first-order valence-corrected chi connectivity index (χ1v) is 5.46. The van der Waals surface area contributed by atoms with E-state index in [0.717, 1.165) is 0 Å². The van der Waals surface area contributed by atoms with E-state index in [1.54, 1.807) is 7.05 Å². The zero-order valence-corrected chi connectivity index (χ0v) is 9.05. The highest BCUT2D eigenvalue weighted by Gasteiger charge is 2.09. The van der Waals surface area contributed by atoms with Crippen molar-refractivity contribution < 1.29 is 0 Å². The third-order valence-electron chi connectivity index (χ3n) is 1.90. The number of rotatable bonds is 2. The van der Waals surface area contributed by atoms with Crippen molar-refractivity contribution in [3.63, 3.8) is 0 Å². The molecule has 6 nitrogen and oxygen atoms in total. The van der Waals surface area contributed by atoms with Gasteiger partial charge >= 0.3 is 0 Å². The van der Waals surface area contributed by atoms with Crippen molar-refractivity contribution in [2.45, 2.75) is 5.16 Å². The largest absolute Gasteiger partial charge is 0.372 e. The van der Waals surface area contributed by atoms with Gasteiger partial charge < -0.3 is 10.3 Å². The molecule has 2 N–H and O–H groups in total. The fourth-order valence-corrected chi connectivity index (χ4v) is 1.60. The minimum absolute atomic E-state index is 0.333. The maximum atomic E-state index is 11.5. The highest BCUT2D eigenvalue weighted by Crippen LogP contribution is 2.17. The number of anilines is 1. The first-order chi connectivity index (χ1) is 7.26. The van der Waals surface area contributed by atoms with E-state index >= 15 is 0 Å². The summed E-state index contributed by atoms with van der Waals surface area (Å²) in [6, 6.07) is 0. The van der Waals surface area contributed by atoms with Crippen molar-refractivity contribution in [2.24, 2.45) is 0 Å². The van der Waals surface area contributed by atoms with Gasteiger partial charge in [-0.05, 0) is 6.26 Å². The van der Waals surface area contributed by atoms with Crippen LogP contribution in [0, 0.1) is 0 Å². The van der Waals surface area contributed by atoms with Gasteiger partial charge in [-0.2, -0.15) is 4.98 Å². The third-order valence-corrected chi connectivity index (χ3v) is 2.45. The third kappa shape index (κ3) is 1.65. The van der Waals surface area contributed by atoms with Gasteiger partial charge in [-0.15, -0.1) is 0 Å². The Hall–Kier alpha value is -1.63. The minimum atomic E-state index is -0.333. The molecule has 0 bridgehead atoms. The zero-order chi connectivity index (χ0) is 10.8. The summed E-state index contributed by atoms with van der Waals surface area (Å²) in [6.45, 7) is 0.